The Bertz CT molecular complexity index is 373. The fourth-order valence-corrected chi connectivity index (χ4v) is 3.13. The van der Waals surface area contributed by atoms with Gasteiger partial charge in [-0.15, -0.1) is 0 Å². The average molecular weight is 232 g/mol. The van der Waals surface area contributed by atoms with Crippen LogP contribution in [0.4, 0.5) is 0 Å². The Hall–Kier alpha value is -0.860. The molecule has 1 aliphatic rings. The van der Waals surface area contributed by atoms with Crippen LogP contribution in [0.5, 0.6) is 0 Å². The molecule has 2 rings (SSSR count). The lowest BCUT2D eigenvalue weighted by Gasteiger charge is -2.41. The zero-order valence-electron chi connectivity index (χ0n) is 11.2. The summed E-state index contributed by atoms with van der Waals surface area (Å²) in [6.07, 6.45) is 2.35. The molecule has 2 unspecified atom stereocenters. The summed E-state index contributed by atoms with van der Waals surface area (Å²) in [5.74, 6) is 0. The number of nitrogens with two attached hydrogens (primary N) is 1. The molecule has 0 bridgehead atoms. The minimum absolute atomic E-state index is 0.169. The van der Waals surface area contributed by atoms with Crippen LogP contribution in [-0.2, 0) is 6.42 Å². The van der Waals surface area contributed by atoms with Gasteiger partial charge in [0.15, 0.2) is 0 Å². The van der Waals surface area contributed by atoms with Gasteiger partial charge in [0.05, 0.1) is 0 Å². The predicted octanol–water partition coefficient (Wildman–Crippen LogP) is 2.73. The van der Waals surface area contributed by atoms with E-state index in [0.717, 1.165) is 13.0 Å². The largest absolute Gasteiger partial charge is 0.323 e. The molecule has 1 aromatic carbocycles. The van der Waals surface area contributed by atoms with E-state index in [9.17, 15) is 0 Å². The third-order valence-electron chi connectivity index (χ3n) is 3.99. The third kappa shape index (κ3) is 2.38. The first kappa shape index (κ1) is 12.6. The maximum absolute atomic E-state index is 6.46. The second-order valence-corrected chi connectivity index (χ2v) is 5.25. The number of hydrogen-bond acceptors (Lipinski definition) is 2. The summed E-state index contributed by atoms with van der Waals surface area (Å²) in [6.45, 7) is 7.83. The van der Waals surface area contributed by atoms with E-state index < -0.39 is 0 Å². The number of rotatable bonds is 3. The molecule has 2 N–H and O–H groups in total. The van der Waals surface area contributed by atoms with E-state index in [4.69, 9.17) is 5.73 Å². The summed E-state index contributed by atoms with van der Waals surface area (Å²) in [5.41, 5.74) is 9.25. The van der Waals surface area contributed by atoms with E-state index in [-0.39, 0.29) is 6.04 Å². The first-order valence-electron chi connectivity index (χ1n) is 6.74. The number of aryl methyl sites for hydroxylation is 1. The maximum atomic E-state index is 6.46. The van der Waals surface area contributed by atoms with E-state index >= 15 is 0 Å². The van der Waals surface area contributed by atoms with Gasteiger partial charge in [-0.2, -0.15) is 0 Å². The lowest BCUT2D eigenvalue weighted by Crippen LogP contribution is -2.48. The van der Waals surface area contributed by atoms with Gasteiger partial charge >= 0.3 is 0 Å². The monoisotopic (exact) mass is 232 g/mol. The lowest BCUT2D eigenvalue weighted by molar-refractivity contribution is 0.126. The summed E-state index contributed by atoms with van der Waals surface area (Å²) in [7, 11) is 0. The van der Waals surface area contributed by atoms with Crippen LogP contribution in [0.15, 0.2) is 24.3 Å². The van der Waals surface area contributed by atoms with Gasteiger partial charge in [0, 0.05) is 18.1 Å². The Morgan fingerprint density at radius 3 is 2.71 bits per heavy atom. The van der Waals surface area contributed by atoms with Crippen LogP contribution < -0.4 is 5.73 Å². The van der Waals surface area contributed by atoms with Crippen molar-refractivity contribution in [2.75, 3.05) is 6.54 Å². The summed E-state index contributed by atoms with van der Waals surface area (Å²) in [6, 6.07) is 9.87. The minimum atomic E-state index is 0.169. The van der Waals surface area contributed by atoms with Crippen molar-refractivity contribution in [1.82, 2.24) is 4.90 Å². The van der Waals surface area contributed by atoms with Crippen LogP contribution >= 0.6 is 0 Å². The van der Waals surface area contributed by atoms with Crippen LogP contribution in [-0.4, -0.2) is 23.5 Å². The molecule has 2 nitrogen and oxygen atoms in total. The Kier molecular flexibility index (Phi) is 3.85. The maximum Gasteiger partial charge on any atom is 0.0456 e. The van der Waals surface area contributed by atoms with Gasteiger partial charge in [-0.25, -0.2) is 0 Å². The Labute approximate surface area is 105 Å². The number of likely N-dealkylation sites (N-methyl/N-ethyl adjacent to an activating group) is 1. The van der Waals surface area contributed by atoms with E-state index in [1.54, 1.807) is 0 Å². The molecule has 0 saturated carbocycles. The van der Waals surface area contributed by atoms with Gasteiger partial charge < -0.3 is 5.73 Å². The van der Waals surface area contributed by atoms with Crippen molar-refractivity contribution in [2.24, 2.45) is 5.73 Å². The second-order valence-electron chi connectivity index (χ2n) is 5.25. The molecule has 17 heavy (non-hydrogen) atoms. The van der Waals surface area contributed by atoms with Crippen molar-refractivity contribution < 1.29 is 0 Å². The molecule has 1 aliphatic carbocycles. The Balaban J connectivity index is 2.24. The molecule has 2 heteroatoms. The zero-order chi connectivity index (χ0) is 12.4. The number of hydrogen-bond donors (Lipinski definition) is 1. The first-order valence-corrected chi connectivity index (χ1v) is 6.74. The first-order chi connectivity index (χ1) is 8.15. The van der Waals surface area contributed by atoms with Gasteiger partial charge in [0.2, 0.25) is 0 Å². The van der Waals surface area contributed by atoms with E-state index in [1.807, 2.05) is 0 Å². The van der Waals surface area contributed by atoms with Crippen LogP contribution in [0.1, 0.15) is 44.4 Å². The summed E-state index contributed by atoms with van der Waals surface area (Å²) < 4.78 is 0. The normalized spacial score (nSPS) is 24.1. The highest BCUT2D eigenvalue weighted by Crippen LogP contribution is 2.31. The molecular weight excluding hydrogens is 208 g/mol. The molecule has 0 fully saturated rings. The highest BCUT2D eigenvalue weighted by Gasteiger charge is 2.31. The topological polar surface area (TPSA) is 29.3 Å². The highest BCUT2D eigenvalue weighted by atomic mass is 15.2. The van der Waals surface area contributed by atoms with Crippen LogP contribution in [0.3, 0.4) is 0 Å². The number of benzene rings is 1. The molecular formula is C15H24N2. The van der Waals surface area contributed by atoms with Crippen LogP contribution in [0.25, 0.3) is 0 Å². The minimum Gasteiger partial charge on any atom is -0.323 e. The molecule has 0 radical (unpaired) electrons. The van der Waals surface area contributed by atoms with Gasteiger partial charge in [-0.1, -0.05) is 31.2 Å². The van der Waals surface area contributed by atoms with Crippen LogP contribution in [0.2, 0.25) is 0 Å². The second kappa shape index (κ2) is 5.19. The van der Waals surface area contributed by atoms with Gasteiger partial charge in [-0.05, 0) is 44.4 Å². The summed E-state index contributed by atoms with van der Waals surface area (Å²) >= 11 is 0. The number of nitrogens with zero attached hydrogens (tertiary/aromatic N) is 1. The molecule has 0 amide bonds. The molecule has 0 saturated heterocycles. The SMILES string of the molecule is CCN(C(C)C)C1CCc2ccccc2C1N. The molecule has 0 aliphatic heterocycles. The fourth-order valence-electron chi connectivity index (χ4n) is 3.13. The Morgan fingerprint density at radius 1 is 1.35 bits per heavy atom. The van der Waals surface area contributed by atoms with E-state index in [1.165, 1.54) is 17.5 Å². The van der Waals surface area contributed by atoms with Gasteiger partial charge in [0.1, 0.15) is 0 Å². The molecule has 2 atom stereocenters. The average Bonchev–Trinajstić information content (AvgIpc) is 2.33. The van der Waals surface area contributed by atoms with Crippen molar-refractivity contribution in [3.05, 3.63) is 35.4 Å². The Morgan fingerprint density at radius 2 is 2.06 bits per heavy atom. The molecule has 0 spiro atoms. The predicted molar refractivity (Wildman–Crippen MR) is 73.0 cm³/mol. The quantitative estimate of drug-likeness (QED) is 0.868. The van der Waals surface area contributed by atoms with Gasteiger partial charge in [0.25, 0.3) is 0 Å². The molecule has 1 aromatic rings. The van der Waals surface area contributed by atoms with E-state index in [2.05, 4.69) is 49.9 Å². The highest BCUT2D eigenvalue weighted by molar-refractivity contribution is 5.33. The van der Waals surface area contributed by atoms with Gasteiger partial charge in [-0.3, -0.25) is 4.90 Å². The van der Waals surface area contributed by atoms with Crippen molar-refractivity contribution >= 4 is 0 Å². The summed E-state index contributed by atoms with van der Waals surface area (Å²) in [5, 5.41) is 0. The smallest absolute Gasteiger partial charge is 0.0456 e. The molecule has 0 aromatic heterocycles. The summed E-state index contributed by atoms with van der Waals surface area (Å²) in [4.78, 5) is 2.53. The fraction of sp³-hybridized carbons (Fsp3) is 0.600. The van der Waals surface area contributed by atoms with Crippen molar-refractivity contribution in [3.8, 4) is 0 Å². The lowest BCUT2D eigenvalue weighted by atomic mass is 9.83. The van der Waals surface area contributed by atoms with Crippen molar-refractivity contribution in [2.45, 2.75) is 51.7 Å². The molecule has 0 heterocycles. The zero-order valence-corrected chi connectivity index (χ0v) is 11.2. The van der Waals surface area contributed by atoms with Crippen molar-refractivity contribution in [1.29, 1.82) is 0 Å². The standard InChI is InChI=1S/C15H24N2/c1-4-17(11(2)3)14-10-9-12-7-5-6-8-13(12)15(14)16/h5-8,11,14-15H,4,9-10,16H2,1-3H3. The third-order valence-corrected chi connectivity index (χ3v) is 3.99. The molecule has 94 valence electrons. The van der Waals surface area contributed by atoms with Crippen LogP contribution in [0, 0.1) is 0 Å². The van der Waals surface area contributed by atoms with Crippen molar-refractivity contribution in [3.63, 3.8) is 0 Å². The number of fused-ring (bicyclic) bond motifs is 1. The van der Waals surface area contributed by atoms with E-state index in [0.29, 0.717) is 12.1 Å².